The van der Waals surface area contributed by atoms with Crippen molar-refractivity contribution in [3.63, 3.8) is 0 Å². The number of aryl methyl sites for hydroxylation is 3. The molecule has 0 saturated heterocycles. The third-order valence-electron chi connectivity index (χ3n) is 4.51. The molecule has 3 rings (SSSR count). The molecule has 1 aromatic heterocycles. The van der Waals surface area contributed by atoms with Crippen molar-refractivity contribution in [2.75, 3.05) is 4.90 Å². The minimum atomic E-state index is -0.434. The van der Waals surface area contributed by atoms with E-state index >= 15 is 0 Å². The molecule has 132 valence electrons. The van der Waals surface area contributed by atoms with Crippen LogP contribution in [0.15, 0.2) is 45.6 Å². The lowest BCUT2D eigenvalue weighted by molar-refractivity contribution is -0.107. The lowest BCUT2D eigenvalue weighted by atomic mass is 10.0. The molecule has 0 saturated carbocycles. The summed E-state index contributed by atoms with van der Waals surface area (Å²) in [5.74, 6) is -0.434. The van der Waals surface area contributed by atoms with Crippen LogP contribution in [0.4, 0.5) is 5.69 Å². The first-order chi connectivity index (χ1) is 12.5. The smallest absolute Gasteiger partial charge is 0.408 e. The highest BCUT2D eigenvalue weighted by atomic mass is 16.4. The first-order valence-corrected chi connectivity index (χ1v) is 8.30. The Labute approximate surface area is 150 Å². The van der Waals surface area contributed by atoms with E-state index in [1.54, 1.807) is 30.1 Å². The van der Waals surface area contributed by atoms with Gasteiger partial charge in [0, 0.05) is 19.2 Å². The van der Waals surface area contributed by atoms with Gasteiger partial charge in [0.15, 0.2) is 5.58 Å². The van der Waals surface area contributed by atoms with Crippen molar-refractivity contribution in [1.29, 1.82) is 5.26 Å². The van der Waals surface area contributed by atoms with E-state index in [9.17, 15) is 9.59 Å². The Morgan fingerprint density at radius 1 is 1.27 bits per heavy atom. The number of carbonyl (C=O) groups is 1. The van der Waals surface area contributed by atoms with E-state index in [4.69, 9.17) is 9.68 Å². The Hall–Kier alpha value is -3.33. The molecule has 0 fully saturated rings. The predicted molar refractivity (Wildman–Crippen MR) is 98.8 cm³/mol. The summed E-state index contributed by atoms with van der Waals surface area (Å²) in [6, 6.07) is 13.4. The molecule has 0 spiro atoms. The molecule has 0 radical (unpaired) electrons. The van der Waals surface area contributed by atoms with Gasteiger partial charge in [0.2, 0.25) is 6.41 Å². The molecule has 1 heterocycles. The second-order valence-electron chi connectivity index (χ2n) is 6.23. The predicted octanol–water partition coefficient (Wildman–Crippen LogP) is 3.06. The van der Waals surface area contributed by atoms with Crippen LogP contribution in [0.1, 0.15) is 23.1 Å². The highest BCUT2D eigenvalue weighted by Crippen LogP contribution is 2.23. The molecule has 6 heteroatoms. The van der Waals surface area contributed by atoms with Crippen LogP contribution < -0.4 is 10.7 Å². The number of benzene rings is 2. The molecule has 3 aromatic rings. The van der Waals surface area contributed by atoms with Gasteiger partial charge in [-0.3, -0.25) is 9.36 Å². The molecular formula is C20H19N3O3. The Morgan fingerprint density at radius 3 is 2.81 bits per heavy atom. The molecular weight excluding hydrogens is 330 g/mol. The van der Waals surface area contributed by atoms with Crippen LogP contribution in [0.3, 0.4) is 0 Å². The Morgan fingerprint density at radius 2 is 2.08 bits per heavy atom. The third-order valence-corrected chi connectivity index (χ3v) is 4.51. The molecule has 0 unspecified atom stereocenters. The van der Waals surface area contributed by atoms with Gasteiger partial charge in [0.25, 0.3) is 0 Å². The number of rotatable bonds is 6. The number of fused-ring (bicyclic) bond motifs is 1. The Kier molecular flexibility index (Phi) is 4.90. The zero-order valence-electron chi connectivity index (χ0n) is 14.7. The molecule has 0 N–H and O–H groups in total. The largest absolute Gasteiger partial charge is 0.419 e. The minimum Gasteiger partial charge on any atom is -0.408 e. The number of oxazole rings is 1. The van der Waals surface area contributed by atoms with Crippen LogP contribution in [0.2, 0.25) is 0 Å². The highest BCUT2D eigenvalue weighted by Gasteiger charge is 2.12. The number of hydrogen-bond donors (Lipinski definition) is 0. The fourth-order valence-electron chi connectivity index (χ4n) is 2.92. The van der Waals surface area contributed by atoms with Crippen molar-refractivity contribution >= 4 is 23.2 Å². The second kappa shape index (κ2) is 7.28. The van der Waals surface area contributed by atoms with Crippen molar-refractivity contribution in [2.45, 2.75) is 26.3 Å². The lowest BCUT2D eigenvalue weighted by Crippen LogP contribution is -2.21. The van der Waals surface area contributed by atoms with Gasteiger partial charge in [-0.25, -0.2) is 4.79 Å². The van der Waals surface area contributed by atoms with Crippen LogP contribution in [-0.4, -0.2) is 11.0 Å². The van der Waals surface area contributed by atoms with Gasteiger partial charge in [0.1, 0.15) is 0 Å². The van der Waals surface area contributed by atoms with Crippen molar-refractivity contribution < 1.29 is 9.21 Å². The fourth-order valence-corrected chi connectivity index (χ4v) is 2.92. The first-order valence-electron chi connectivity index (χ1n) is 8.30. The van der Waals surface area contributed by atoms with Crippen molar-refractivity contribution in [1.82, 2.24) is 4.57 Å². The zero-order chi connectivity index (χ0) is 18.7. The molecule has 1 amide bonds. The number of carbonyl (C=O) groups excluding carboxylic acids is 1. The molecule has 0 aliphatic rings. The summed E-state index contributed by atoms with van der Waals surface area (Å²) in [5, 5.41) is 8.76. The quantitative estimate of drug-likeness (QED) is 0.641. The third kappa shape index (κ3) is 3.38. The summed E-state index contributed by atoms with van der Waals surface area (Å²) >= 11 is 0. The number of hydrogen-bond acceptors (Lipinski definition) is 4. The fraction of sp³-hybridized carbons (Fsp3) is 0.250. The van der Waals surface area contributed by atoms with Crippen molar-refractivity contribution in [2.24, 2.45) is 7.05 Å². The molecule has 2 aromatic carbocycles. The second-order valence-corrected chi connectivity index (χ2v) is 6.23. The number of anilines is 1. The average molecular weight is 349 g/mol. The van der Waals surface area contributed by atoms with Crippen molar-refractivity contribution in [3.05, 3.63) is 63.6 Å². The van der Waals surface area contributed by atoms with E-state index in [0.717, 1.165) is 23.1 Å². The molecule has 26 heavy (non-hydrogen) atoms. The van der Waals surface area contributed by atoms with Gasteiger partial charge < -0.3 is 9.32 Å². The van der Waals surface area contributed by atoms with Crippen LogP contribution in [0.5, 0.6) is 0 Å². The monoisotopic (exact) mass is 349 g/mol. The van der Waals surface area contributed by atoms with Crippen LogP contribution in [0, 0.1) is 18.3 Å². The topological polar surface area (TPSA) is 79.2 Å². The van der Waals surface area contributed by atoms with E-state index in [1.165, 1.54) is 4.57 Å². The lowest BCUT2D eigenvalue weighted by Gasteiger charge is -2.19. The van der Waals surface area contributed by atoms with E-state index in [-0.39, 0.29) is 0 Å². The minimum absolute atomic E-state index is 0.410. The van der Waals surface area contributed by atoms with Gasteiger partial charge in [0.05, 0.1) is 18.1 Å². The van der Waals surface area contributed by atoms with E-state index in [1.807, 2.05) is 25.1 Å². The van der Waals surface area contributed by atoms with E-state index in [0.29, 0.717) is 36.2 Å². The number of amides is 1. The standard InChI is InChI=1S/C20H19N3O3/c1-14-5-6-15(4-3-9-21)10-16(14)12-23(13-24)17-7-8-19-18(11-17)22(2)20(25)26-19/h5-8,10-11,13H,3-4,12H2,1-2H3. The summed E-state index contributed by atoms with van der Waals surface area (Å²) in [5.41, 5.74) is 4.99. The molecule has 0 atom stereocenters. The molecule has 0 aliphatic carbocycles. The van der Waals surface area contributed by atoms with Gasteiger partial charge in [-0.1, -0.05) is 18.2 Å². The van der Waals surface area contributed by atoms with Crippen LogP contribution in [-0.2, 0) is 24.8 Å². The zero-order valence-corrected chi connectivity index (χ0v) is 14.7. The summed E-state index contributed by atoms with van der Waals surface area (Å²) in [6.45, 7) is 2.41. The van der Waals surface area contributed by atoms with E-state index in [2.05, 4.69) is 6.07 Å². The van der Waals surface area contributed by atoms with Crippen molar-refractivity contribution in [3.8, 4) is 6.07 Å². The summed E-state index contributed by atoms with van der Waals surface area (Å²) in [7, 11) is 1.63. The van der Waals surface area contributed by atoms with Crippen LogP contribution >= 0.6 is 0 Å². The first kappa shape index (κ1) is 17.5. The number of aromatic nitrogens is 1. The number of nitriles is 1. The SMILES string of the molecule is Cc1ccc(CCC#N)cc1CN(C=O)c1ccc2oc(=O)n(C)c2c1. The summed E-state index contributed by atoms with van der Waals surface area (Å²) in [4.78, 5) is 24.9. The number of nitrogens with zero attached hydrogens (tertiary/aromatic N) is 3. The van der Waals surface area contributed by atoms with Gasteiger partial charge in [-0.15, -0.1) is 0 Å². The molecule has 0 aliphatic heterocycles. The normalized spacial score (nSPS) is 10.7. The average Bonchev–Trinajstić information content (AvgIpc) is 2.93. The highest BCUT2D eigenvalue weighted by molar-refractivity contribution is 5.83. The maximum absolute atomic E-state index is 11.7. The van der Waals surface area contributed by atoms with Gasteiger partial charge >= 0.3 is 5.76 Å². The summed E-state index contributed by atoms with van der Waals surface area (Å²) in [6.07, 6.45) is 1.93. The molecule has 0 bridgehead atoms. The Bertz CT molecular complexity index is 1060. The Balaban J connectivity index is 1.93. The maximum Gasteiger partial charge on any atom is 0.419 e. The summed E-state index contributed by atoms with van der Waals surface area (Å²) < 4.78 is 6.54. The van der Waals surface area contributed by atoms with Gasteiger partial charge in [-0.2, -0.15) is 5.26 Å². The van der Waals surface area contributed by atoms with Gasteiger partial charge in [-0.05, 0) is 48.2 Å². The maximum atomic E-state index is 11.7. The van der Waals surface area contributed by atoms with E-state index < -0.39 is 5.76 Å². The molecule has 6 nitrogen and oxygen atoms in total. The van der Waals surface area contributed by atoms with Crippen LogP contribution in [0.25, 0.3) is 11.1 Å².